The van der Waals surface area contributed by atoms with E-state index in [0.29, 0.717) is 0 Å². The Hall–Kier alpha value is -0.910. The molecule has 0 saturated carbocycles. The Bertz CT molecular complexity index is 421. The highest BCUT2D eigenvalue weighted by Gasteiger charge is 2.03. The fraction of sp³-hybridized carbons (Fsp3) is 0.500. The normalized spacial score (nSPS) is 10.9. The zero-order chi connectivity index (χ0) is 13.4. The molecular formula is C16H23NS. The molecule has 0 unspecified atom stereocenters. The van der Waals surface area contributed by atoms with Crippen LogP contribution in [0.15, 0.2) is 29.2 Å². The van der Waals surface area contributed by atoms with Gasteiger partial charge in [-0.15, -0.1) is 11.8 Å². The van der Waals surface area contributed by atoms with Crippen molar-refractivity contribution in [3.05, 3.63) is 29.8 Å². The van der Waals surface area contributed by atoms with Crippen LogP contribution in [0.3, 0.4) is 0 Å². The van der Waals surface area contributed by atoms with Crippen LogP contribution in [0.2, 0.25) is 0 Å². The van der Waals surface area contributed by atoms with Crippen LogP contribution in [-0.2, 0) is 6.54 Å². The summed E-state index contributed by atoms with van der Waals surface area (Å²) in [5.41, 5.74) is 1.44. The van der Waals surface area contributed by atoms with Crippen molar-refractivity contribution in [1.29, 1.82) is 0 Å². The fourth-order valence-corrected chi connectivity index (χ4v) is 2.16. The first kappa shape index (κ1) is 15.1. The van der Waals surface area contributed by atoms with Gasteiger partial charge in [-0.2, -0.15) is 0 Å². The Morgan fingerprint density at radius 1 is 1.28 bits per heavy atom. The van der Waals surface area contributed by atoms with E-state index < -0.39 is 0 Å². The van der Waals surface area contributed by atoms with Gasteiger partial charge < -0.3 is 5.32 Å². The number of benzene rings is 1. The minimum Gasteiger partial charge on any atom is -0.313 e. The SMILES string of the molecule is CCNCc1cccc(SCC#CC(C)(C)C)c1. The molecule has 1 aromatic rings. The number of rotatable bonds is 5. The third kappa shape index (κ3) is 6.74. The highest BCUT2D eigenvalue weighted by atomic mass is 32.2. The molecule has 0 aliphatic rings. The molecule has 1 aromatic carbocycles. The van der Waals surface area contributed by atoms with Gasteiger partial charge in [0.1, 0.15) is 0 Å². The van der Waals surface area contributed by atoms with Gasteiger partial charge in [0.05, 0.1) is 5.75 Å². The van der Waals surface area contributed by atoms with E-state index in [-0.39, 0.29) is 5.41 Å². The summed E-state index contributed by atoms with van der Waals surface area (Å²) in [4.78, 5) is 1.30. The van der Waals surface area contributed by atoms with Gasteiger partial charge in [-0.25, -0.2) is 0 Å². The van der Waals surface area contributed by atoms with Gasteiger partial charge in [-0.1, -0.05) is 30.9 Å². The predicted molar refractivity (Wildman–Crippen MR) is 81.8 cm³/mol. The third-order valence-electron chi connectivity index (χ3n) is 2.25. The summed E-state index contributed by atoms with van der Waals surface area (Å²) >= 11 is 1.81. The van der Waals surface area contributed by atoms with Gasteiger partial charge in [0.15, 0.2) is 0 Å². The summed E-state index contributed by atoms with van der Waals surface area (Å²) in [7, 11) is 0. The smallest absolute Gasteiger partial charge is 0.0594 e. The summed E-state index contributed by atoms with van der Waals surface area (Å²) in [6.45, 7) is 10.5. The Morgan fingerprint density at radius 2 is 2.06 bits per heavy atom. The van der Waals surface area contributed by atoms with Crippen LogP contribution < -0.4 is 5.32 Å². The summed E-state index contributed by atoms with van der Waals surface area (Å²) in [6.07, 6.45) is 0. The maximum absolute atomic E-state index is 3.34. The monoisotopic (exact) mass is 261 g/mol. The molecule has 0 amide bonds. The van der Waals surface area contributed by atoms with Crippen LogP contribution in [0.1, 0.15) is 33.3 Å². The van der Waals surface area contributed by atoms with Crippen LogP contribution in [-0.4, -0.2) is 12.3 Å². The Labute approximate surface area is 116 Å². The van der Waals surface area contributed by atoms with E-state index in [1.165, 1.54) is 10.5 Å². The molecule has 0 aromatic heterocycles. The number of hydrogen-bond donors (Lipinski definition) is 1. The minimum absolute atomic E-state index is 0.105. The highest BCUT2D eigenvalue weighted by molar-refractivity contribution is 7.99. The van der Waals surface area contributed by atoms with E-state index in [1.54, 1.807) is 0 Å². The second-order valence-electron chi connectivity index (χ2n) is 5.27. The van der Waals surface area contributed by atoms with E-state index in [9.17, 15) is 0 Å². The number of thioether (sulfide) groups is 1. The van der Waals surface area contributed by atoms with Crippen LogP contribution in [0.5, 0.6) is 0 Å². The molecular weight excluding hydrogens is 238 g/mol. The van der Waals surface area contributed by atoms with Gasteiger partial charge in [0, 0.05) is 16.9 Å². The van der Waals surface area contributed by atoms with Crippen molar-refractivity contribution in [2.45, 2.75) is 39.1 Å². The molecule has 0 saturated heterocycles. The van der Waals surface area contributed by atoms with Crippen molar-refractivity contribution >= 4 is 11.8 Å². The standard InChI is InChI=1S/C16H23NS/c1-5-17-13-14-8-6-9-15(12-14)18-11-7-10-16(2,3)4/h6,8-9,12,17H,5,11,13H2,1-4H3. The summed E-state index contributed by atoms with van der Waals surface area (Å²) in [5, 5.41) is 3.34. The first-order valence-corrected chi connectivity index (χ1v) is 7.42. The second kappa shape index (κ2) is 7.51. The van der Waals surface area contributed by atoms with Crippen molar-refractivity contribution in [2.75, 3.05) is 12.3 Å². The predicted octanol–water partition coefficient (Wildman–Crippen LogP) is 3.94. The van der Waals surface area contributed by atoms with Gasteiger partial charge in [-0.05, 0) is 45.0 Å². The first-order chi connectivity index (χ1) is 8.51. The number of hydrogen-bond acceptors (Lipinski definition) is 2. The molecule has 0 heterocycles. The second-order valence-corrected chi connectivity index (χ2v) is 6.32. The lowest BCUT2D eigenvalue weighted by Crippen LogP contribution is -2.11. The molecule has 0 radical (unpaired) electrons. The summed E-state index contributed by atoms with van der Waals surface area (Å²) in [6, 6.07) is 8.67. The van der Waals surface area contributed by atoms with Gasteiger partial charge in [0.25, 0.3) is 0 Å². The van der Waals surface area contributed by atoms with Gasteiger partial charge >= 0.3 is 0 Å². The zero-order valence-electron chi connectivity index (χ0n) is 11.8. The van der Waals surface area contributed by atoms with Crippen LogP contribution in [0, 0.1) is 17.3 Å². The van der Waals surface area contributed by atoms with E-state index >= 15 is 0 Å². The van der Waals surface area contributed by atoms with Crippen LogP contribution >= 0.6 is 11.8 Å². The molecule has 0 fully saturated rings. The molecule has 1 rings (SSSR count). The number of nitrogens with one attached hydrogen (secondary N) is 1. The topological polar surface area (TPSA) is 12.0 Å². The Kier molecular flexibility index (Phi) is 6.32. The van der Waals surface area contributed by atoms with Gasteiger partial charge in [0.2, 0.25) is 0 Å². The molecule has 1 N–H and O–H groups in total. The third-order valence-corrected chi connectivity index (χ3v) is 3.13. The van der Waals surface area contributed by atoms with Crippen molar-refractivity contribution in [3.63, 3.8) is 0 Å². The molecule has 0 aliphatic carbocycles. The molecule has 2 heteroatoms. The van der Waals surface area contributed by atoms with E-state index in [1.807, 2.05) is 11.8 Å². The van der Waals surface area contributed by atoms with Crippen molar-refractivity contribution in [1.82, 2.24) is 5.32 Å². The van der Waals surface area contributed by atoms with Crippen molar-refractivity contribution < 1.29 is 0 Å². The van der Waals surface area contributed by atoms with E-state index in [4.69, 9.17) is 0 Å². The summed E-state index contributed by atoms with van der Waals surface area (Å²) in [5.74, 6) is 7.35. The maximum atomic E-state index is 3.34. The fourth-order valence-electron chi connectivity index (χ4n) is 1.44. The largest absolute Gasteiger partial charge is 0.313 e. The maximum Gasteiger partial charge on any atom is 0.0594 e. The highest BCUT2D eigenvalue weighted by Crippen LogP contribution is 2.19. The molecule has 0 atom stereocenters. The average molecular weight is 261 g/mol. The molecule has 1 nitrogen and oxygen atoms in total. The van der Waals surface area contributed by atoms with Crippen molar-refractivity contribution in [2.24, 2.45) is 5.41 Å². The Balaban J connectivity index is 2.49. The van der Waals surface area contributed by atoms with Crippen LogP contribution in [0.4, 0.5) is 0 Å². The van der Waals surface area contributed by atoms with Crippen molar-refractivity contribution in [3.8, 4) is 11.8 Å². The lowest BCUT2D eigenvalue weighted by atomic mass is 9.98. The molecule has 98 valence electrons. The molecule has 18 heavy (non-hydrogen) atoms. The molecule has 0 aliphatic heterocycles. The lowest BCUT2D eigenvalue weighted by molar-refractivity contribution is 0.571. The van der Waals surface area contributed by atoms with Crippen LogP contribution in [0.25, 0.3) is 0 Å². The zero-order valence-corrected chi connectivity index (χ0v) is 12.7. The summed E-state index contributed by atoms with van der Waals surface area (Å²) < 4.78 is 0. The van der Waals surface area contributed by atoms with E-state index in [2.05, 4.69) is 69.1 Å². The first-order valence-electron chi connectivity index (χ1n) is 6.44. The van der Waals surface area contributed by atoms with Gasteiger partial charge in [-0.3, -0.25) is 0 Å². The lowest BCUT2D eigenvalue weighted by Gasteiger charge is -2.07. The minimum atomic E-state index is 0.105. The average Bonchev–Trinajstić information content (AvgIpc) is 2.31. The molecule has 0 spiro atoms. The quantitative estimate of drug-likeness (QED) is 0.636. The molecule has 0 bridgehead atoms. The Morgan fingerprint density at radius 3 is 2.72 bits per heavy atom. The van der Waals surface area contributed by atoms with E-state index in [0.717, 1.165) is 18.8 Å².